The number of hydrogen-bond acceptors (Lipinski definition) is 3. The van der Waals surface area contributed by atoms with Crippen LogP contribution in [0.2, 0.25) is 0 Å². The van der Waals surface area contributed by atoms with E-state index in [1.807, 2.05) is 24.4 Å². The summed E-state index contributed by atoms with van der Waals surface area (Å²) in [5, 5.41) is 4.27. The summed E-state index contributed by atoms with van der Waals surface area (Å²) in [6, 6.07) is 10.3. The molecule has 0 spiro atoms. The molecule has 3 rings (SSSR count). The SMILES string of the molecule is Cc1cnc([C@H](NC(=O)C[C@@H](C)c2ccccc2)C2CC2)s1. The number of amides is 1. The lowest BCUT2D eigenvalue weighted by atomic mass is 9.97. The van der Waals surface area contributed by atoms with Crippen LogP contribution in [-0.2, 0) is 4.79 Å². The van der Waals surface area contributed by atoms with Crippen LogP contribution >= 0.6 is 11.3 Å². The monoisotopic (exact) mass is 314 g/mol. The van der Waals surface area contributed by atoms with Crippen LogP contribution < -0.4 is 5.32 Å². The van der Waals surface area contributed by atoms with Crippen molar-refractivity contribution in [3.63, 3.8) is 0 Å². The first kappa shape index (κ1) is 15.2. The molecule has 0 unspecified atom stereocenters. The Morgan fingerprint density at radius 1 is 1.36 bits per heavy atom. The molecular formula is C18H22N2OS. The number of thiazole rings is 1. The predicted octanol–water partition coefficient (Wildman–Crippen LogP) is 4.21. The molecule has 1 heterocycles. The van der Waals surface area contributed by atoms with Crippen LogP contribution in [0.5, 0.6) is 0 Å². The molecule has 0 bridgehead atoms. The van der Waals surface area contributed by atoms with Crippen LogP contribution in [0, 0.1) is 12.8 Å². The van der Waals surface area contributed by atoms with Crippen LogP contribution in [0.25, 0.3) is 0 Å². The first-order valence-corrected chi connectivity index (χ1v) is 8.72. The van der Waals surface area contributed by atoms with E-state index in [2.05, 4.69) is 36.3 Å². The average molecular weight is 314 g/mol. The second kappa shape index (κ2) is 6.61. The standard InChI is InChI=1S/C18H22N2OS/c1-12(14-6-4-3-5-7-14)10-16(21)20-17(15-8-9-15)18-19-11-13(2)22-18/h3-7,11-12,15,17H,8-10H2,1-2H3,(H,20,21)/t12-,17-/m1/s1. The molecule has 0 saturated heterocycles. The van der Waals surface area contributed by atoms with Crippen molar-refractivity contribution in [3.05, 3.63) is 52.0 Å². The Kier molecular flexibility index (Phi) is 4.57. The molecule has 22 heavy (non-hydrogen) atoms. The van der Waals surface area contributed by atoms with Gasteiger partial charge < -0.3 is 5.32 Å². The summed E-state index contributed by atoms with van der Waals surface area (Å²) < 4.78 is 0. The number of nitrogens with one attached hydrogen (secondary N) is 1. The van der Waals surface area contributed by atoms with Crippen molar-refractivity contribution in [2.24, 2.45) is 5.92 Å². The molecule has 0 radical (unpaired) electrons. The molecule has 116 valence electrons. The van der Waals surface area contributed by atoms with Crippen LogP contribution in [0.15, 0.2) is 36.5 Å². The maximum Gasteiger partial charge on any atom is 0.221 e. The van der Waals surface area contributed by atoms with Crippen LogP contribution in [0.1, 0.15) is 53.6 Å². The molecule has 1 aromatic carbocycles. The topological polar surface area (TPSA) is 42.0 Å². The number of benzene rings is 1. The molecule has 1 aliphatic rings. The van der Waals surface area contributed by atoms with E-state index in [1.165, 1.54) is 23.3 Å². The van der Waals surface area contributed by atoms with Gasteiger partial charge in [0.2, 0.25) is 5.91 Å². The maximum absolute atomic E-state index is 12.4. The molecule has 1 saturated carbocycles. The summed E-state index contributed by atoms with van der Waals surface area (Å²) in [5.41, 5.74) is 1.21. The minimum atomic E-state index is 0.106. The number of carbonyl (C=O) groups excluding carboxylic acids is 1. The first-order chi connectivity index (χ1) is 10.6. The summed E-state index contributed by atoms with van der Waals surface area (Å²) in [6.45, 7) is 4.17. The Morgan fingerprint density at radius 3 is 2.68 bits per heavy atom. The highest BCUT2D eigenvalue weighted by Gasteiger charge is 2.35. The van der Waals surface area contributed by atoms with Crippen molar-refractivity contribution in [1.29, 1.82) is 0 Å². The van der Waals surface area contributed by atoms with Gasteiger partial charge in [-0.05, 0) is 37.2 Å². The Morgan fingerprint density at radius 2 is 2.09 bits per heavy atom. The molecule has 1 aliphatic carbocycles. The van der Waals surface area contributed by atoms with Crippen LogP contribution in [0.3, 0.4) is 0 Å². The molecule has 1 amide bonds. The van der Waals surface area contributed by atoms with Crippen molar-refractivity contribution < 1.29 is 4.79 Å². The number of aryl methyl sites for hydroxylation is 1. The quantitative estimate of drug-likeness (QED) is 0.867. The van der Waals surface area contributed by atoms with Crippen LogP contribution in [0.4, 0.5) is 0 Å². The Labute approximate surface area is 135 Å². The first-order valence-electron chi connectivity index (χ1n) is 7.90. The van der Waals surface area contributed by atoms with E-state index in [1.54, 1.807) is 11.3 Å². The molecule has 1 N–H and O–H groups in total. The van der Waals surface area contributed by atoms with E-state index >= 15 is 0 Å². The van der Waals surface area contributed by atoms with Crippen molar-refractivity contribution in [2.45, 2.75) is 45.1 Å². The highest BCUT2D eigenvalue weighted by Crippen LogP contribution is 2.42. The van der Waals surface area contributed by atoms with Crippen LogP contribution in [-0.4, -0.2) is 10.9 Å². The summed E-state index contributed by atoms with van der Waals surface area (Å²) in [5.74, 6) is 0.932. The van der Waals surface area contributed by atoms with Gasteiger partial charge in [0.25, 0.3) is 0 Å². The zero-order valence-electron chi connectivity index (χ0n) is 13.1. The molecule has 2 aromatic rings. The summed E-state index contributed by atoms with van der Waals surface area (Å²) >= 11 is 1.70. The van der Waals surface area contributed by atoms with Crippen molar-refractivity contribution in [3.8, 4) is 0 Å². The van der Waals surface area contributed by atoms with E-state index in [0.717, 1.165) is 5.01 Å². The number of rotatable bonds is 6. The van der Waals surface area contributed by atoms with Gasteiger partial charge in [0.15, 0.2) is 0 Å². The van der Waals surface area contributed by atoms with E-state index in [4.69, 9.17) is 0 Å². The molecule has 3 nitrogen and oxygen atoms in total. The highest BCUT2D eigenvalue weighted by atomic mass is 32.1. The number of carbonyl (C=O) groups is 1. The van der Waals surface area contributed by atoms with E-state index < -0.39 is 0 Å². The largest absolute Gasteiger partial charge is 0.347 e. The van der Waals surface area contributed by atoms with Gasteiger partial charge in [0.05, 0.1) is 6.04 Å². The van der Waals surface area contributed by atoms with Gasteiger partial charge in [-0.25, -0.2) is 4.98 Å². The molecular weight excluding hydrogens is 292 g/mol. The summed E-state index contributed by atoms with van der Waals surface area (Å²) in [7, 11) is 0. The zero-order valence-corrected chi connectivity index (χ0v) is 13.9. The molecule has 0 aliphatic heterocycles. The molecule has 1 fully saturated rings. The van der Waals surface area contributed by atoms with Crippen molar-refractivity contribution in [1.82, 2.24) is 10.3 Å². The average Bonchev–Trinajstić information content (AvgIpc) is 3.27. The minimum absolute atomic E-state index is 0.106. The van der Waals surface area contributed by atoms with Gasteiger partial charge in [-0.1, -0.05) is 37.3 Å². The fraction of sp³-hybridized carbons (Fsp3) is 0.444. The van der Waals surface area contributed by atoms with Crippen molar-refractivity contribution >= 4 is 17.2 Å². The number of nitrogens with zero attached hydrogens (tertiary/aromatic N) is 1. The minimum Gasteiger partial charge on any atom is -0.347 e. The third-order valence-corrected chi connectivity index (χ3v) is 5.17. The van der Waals surface area contributed by atoms with Gasteiger partial charge in [-0.15, -0.1) is 11.3 Å². The Bertz CT molecular complexity index is 634. The fourth-order valence-corrected chi connectivity index (χ4v) is 3.66. The lowest BCUT2D eigenvalue weighted by Crippen LogP contribution is -2.30. The molecule has 2 atom stereocenters. The Hall–Kier alpha value is -1.68. The van der Waals surface area contributed by atoms with Gasteiger partial charge >= 0.3 is 0 Å². The number of hydrogen-bond donors (Lipinski definition) is 1. The molecule has 4 heteroatoms. The van der Waals surface area contributed by atoms with E-state index in [9.17, 15) is 4.79 Å². The van der Waals surface area contributed by atoms with E-state index in [0.29, 0.717) is 12.3 Å². The Balaban J connectivity index is 1.62. The van der Waals surface area contributed by atoms with Gasteiger partial charge in [-0.3, -0.25) is 4.79 Å². The van der Waals surface area contributed by atoms with E-state index in [-0.39, 0.29) is 17.9 Å². The maximum atomic E-state index is 12.4. The normalized spacial score (nSPS) is 17.0. The summed E-state index contributed by atoms with van der Waals surface area (Å²) in [6.07, 6.45) is 4.81. The lowest BCUT2D eigenvalue weighted by Gasteiger charge is -2.18. The van der Waals surface area contributed by atoms with Gasteiger partial charge in [0.1, 0.15) is 5.01 Å². The summed E-state index contributed by atoms with van der Waals surface area (Å²) in [4.78, 5) is 18.1. The smallest absolute Gasteiger partial charge is 0.221 e. The third-order valence-electron chi connectivity index (χ3n) is 4.18. The lowest BCUT2D eigenvalue weighted by molar-refractivity contribution is -0.122. The van der Waals surface area contributed by atoms with Crippen molar-refractivity contribution in [2.75, 3.05) is 0 Å². The fourth-order valence-electron chi connectivity index (χ4n) is 2.74. The second-order valence-corrected chi connectivity index (χ2v) is 7.47. The number of aromatic nitrogens is 1. The highest BCUT2D eigenvalue weighted by molar-refractivity contribution is 7.11. The molecule has 1 aromatic heterocycles. The second-order valence-electron chi connectivity index (χ2n) is 6.21. The van der Waals surface area contributed by atoms with Gasteiger partial charge in [0, 0.05) is 17.5 Å². The van der Waals surface area contributed by atoms with Gasteiger partial charge in [-0.2, -0.15) is 0 Å². The zero-order chi connectivity index (χ0) is 15.5. The third kappa shape index (κ3) is 3.74. The predicted molar refractivity (Wildman–Crippen MR) is 89.9 cm³/mol.